The van der Waals surface area contributed by atoms with Gasteiger partial charge in [0.15, 0.2) is 5.16 Å². The third-order valence-electron chi connectivity index (χ3n) is 2.54. The molecule has 1 saturated carbocycles. The van der Waals surface area contributed by atoms with Crippen molar-refractivity contribution < 1.29 is 9.09 Å². The van der Waals surface area contributed by atoms with Crippen LogP contribution in [0, 0.1) is 0 Å². The van der Waals surface area contributed by atoms with E-state index in [0.717, 1.165) is 12.8 Å². The second-order valence-electron chi connectivity index (χ2n) is 3.50. The highest BCUT2D eigenvalue weighted by atomic mass is 31.1. The van der Waals surface area contributed by atoms with Crippen LogP contribution in [0.15, 0.2) is 0 Å². The molecular formula is C8H16O2P+. The molecule has 0 aliphatic heterocycles. The Labute approximate surface area is 69.2 Å². The Morgan fingerprint density at radius 3 is 2.27 bits per heavy atom. The minimum atomic E-state index is -1.43. The molecule has 0 bridgehead atoms. The first-order chi connectivity index (χ1) is 5.19. The summed E-state index contributed by atoms with van der Waals surface area (Å²) in [5.74, 6) is 0. The Kier molecular flexibility index (Phi) is 3.03. The summed E-state index contributed by atoms with van der Waals surface area (Å²) in [6, 6.07) is 0. The van der Waals surface area contributed by atoms with E-state index in [1.165, 1.54) is 19.3 Å². The monoisotopic (exact) mass is 175 g/mol. The van der Waals surface area contributed by atoms with Crippen LogP contribution in [-0.4, -0.2) is 12.3 Å². The molecule has 0 aromatic carbocycles. The predicted molar refractivity (Wildman–Crippen MR) is 46.1 cm³/mol. The molecule has 64 valence electrons. The maximum atomic E-state index is 11.4. The van der Waals surface area contributed by atoms with E-state index in [9.17, 15) is 4.57 Å². The van der Waals surface area contributed by atoms with Crippen molar-refractivity contribution in [2.45, 2.75) is 44.2 Å². The number of rotatable bonds is 2. The zero-order valence-corrected chi connectivity index (χ0v) is 8.19. The van der Waals surface area contributed by atoms with Gasteiger partial charge < -0.3 is 0 Å². The van der Waals surface area contributed by atoms with Gasteiger partial charge in [0.2, 0.25) is 0 Å². The van der Waals surface area contributed by atoms with E-state index >= 15 is 0 Å². The van der Waals surface area contributed by atoms with Crippen molar-refractivity contribution in [1.29, 1.82) is 0 Å². The zero-order chi connectivity index (χ0) is 8.32. The molecule has 0 saturated heterocycles. The van der Waals surface area contributed by atoms with Crippen molar-refractivity contribution in [2.24, 2.45) is 0 Å². The molecule has 1 fully saturated rings. The molecule has 0 spiro atoms. The van der Waals surface area contributed by atoms with Crippen molar-refractivity contribution >= 4 is 8.03 Å². The summed E-state index contributed by atoms with van der Waals surface area (Å²) in [6.07, 6.45) is 5.84. The van der Waals surface area contributed by atoms with E-state index in [1.807, 2.05) is 0 Å². The Balaban J connectivity index is 2.56. The van der Waals surface area contributed by atoms with E-state index in [0.29, 0.717) is 0 Å². The van der Waals surface area contributed by atoms with Crippen molar-refractivity contribution in [3.8, 4) is 0 Å². The van der Waals surface area contributed by atoms with Crippen LogP contribution in [0.1, 0.15) is 39.0 Å². The maximum absolute atomic E-state index is 11.4. The third-order valence-corrected chi connectivity index (χ3v) is 4.20. The van der Waals surface area contributed by atoms with E-state index in [4.69, 9.17) is 4.52 Å². The summed E-state index contributed by atoms with van der Waals surface area (Å²) in [6.45, 7) is 2.08. The minimum Gasteiger partial charge on any atom is -0.149 e. The second-order valence-corrected chi connectivity index (χ2v) is 5.46. The third kappa shape index (κ3) is 2.00. The van der Waals surface area contributed by atoms with E-state index in [2.05, 4.69) is 6.92 Å². The van der Waals surface area contributed by atoms with Gasteiger partial charge in [-0.1, -0.05) is 6.42 Å². The quantitative estimate of drug-likeness (QED) is 0.603. The van der Waals surface area contributed by atoms with Gasteiger partial charge in [-0.3, -0.25) is 0 Å². The van der Waals surface area contributed by atoms with Gasteiger partial charge in [-0.2, -0.15) is 0 Å². The largest absolute Gasteiger partial charge is 0.513 e. The van der Waals surface area contributed by atoms with E-state index in [1.54, 1.807) is 7.11 Å². The molecule has 11 heavy (non-hydrogen) atoms. The highest BCUT2D eigenvalue weighted by Crippen LogP contribution is 2.48. The Bertz CT molecular complexity index is 150. The molecule has 1 atom stereocenters. The smallest absolute Gasteiger partial charge is 0.149 e. The molecule has 1 rings (SSSR count). The van der Waals surface area contributed by atoms with Crippen LogP contribution in [0.2, 0.25) is 0 Å². The number of hydrogen-bond acceptors (Lipinski definition) is 2. The fraction of sp³-hybridized carbons (Fsp3) is 1.00. The molecule has 1 aliphatic rings. The van der Waals surface area contributed by atoms with Crippen LogP contribution in [0.3, 0.4) is 0 Å². The first kappa shape index (κ1) is 9.15. The van der Waals surface area contributed by atoms with Gasteiger partial charge in [-0.25, -0.2) is 0 Å². The van der Waals surface area contributed by atoms with Crippen LogP contribution in [0.4, 0.5) is 0 Å². The fourth-order valence-corrected chi connectivity index (χ4v) is 2.84. The first-order valence-corrected chi connectivity index (χ1v) is 5.38. The molecule has 1 unspecified atom stereocenters. The van der Waals surface area contributed by atoms with Crippen molar-refractivity contribution in [3.05, 3.63) is 0 Å². The van der Waals surface area contributed by atoms with Crippen LogP contribution in [0.25, 0.3) is 0 Å². The first-order valence-electron chi connectivity index (χ1n) is 4.20. The van der Waals surface area contributed by atoms with Gasteiger partial charge >= 0.3 is 8.03 Å². The molecule has 0 amide bonds. The molecule has 0 aromatic rings. The van der Waals surface area contributed by atoms with Crippen molar-refractivity contribution in [1.82, 2.24) is 0 Å². The van der Waals surface area contributed by atoms with Crippen LogP contribution >= 0.6 is 8.03 Å². The Hall–Kier alpha value is 0.0600. The summed E-state index contributed by atoms with van der Waals surface area (Å²) in [4.78, 5) is 0. The van der Waals surface area contributed by atoms with Crippen molar-refractivity contribution in [2.75, 3.05) is 7.11 Å². The Morgan fingerprint density at radius 1 is 1.27 bits per heavy atom. The summed E-state index contributed by atoms with van der Waals surface area (Å²) in [7, 11) is 0.112. The maximum Gasteiger partial charge on any atom is 0.513 e. The molecular weight excluding hydrogens is 159 g/mol. The lowest BCUT2D eigenvalue weighted by Gasteiger charge is -2.21. The average Bonchev–Trinajstić information content (AvgIpc) is 2.04. The normalized spacial score (nSPS) is 24.7. The van der Waals surface area contributed by atoms with E-state index < -0.39 is 8.03 Å². The van der Waals surface area contributed by atoms with Crippen molar-refractivity contribution in [3.63, 3.8) is 0 Å². The van der Waals surface area contributed by atoms with Gasteiger partial charge in [0, 0.05) is 0 Å². The molecule has 0 heterocycles. The molecule has 0 N–H and O–H groups in total. The topological polar surface area (TPSA) is 26.3 Å². The summed E-state index contributed by atoms with van der Waals surface area (Å²) in [5, 5.41) is -0.0255. The standard InChI is InChI=1S/C8H16O2P/c1-8(11(9)10-2)6-4-3-5-7-8/h3-7H2,1-2H3/q+1. The van der Waals surface area contributed by atoms with Gasteiger partial charge in [-0.05, 0) is 37.2 Å². The van der Waals surface area contributed by atoms with Gasteiger partial charge in [0.05, 0.1) is 7.11 Å². The summed E-state index contributed by atoms with van der Waals surface area (Å²) < 4.78 is 16.3. The van der Waals surface area contributed by atoms with Crippen LogP contribution < -0.4 is 0 Å². The molecule has 0 aromatic heterocycles. The van der Waals surface area contributed by atoms with E-state index in [-0.39, 0.29) is 5.16 Å². The highest BCUT2D eigenvalue weighted by molar-refractivity contribution is 7.41. The fourth-order valence-electron chi connectivity index (χ4n) is 1.72. The van der Waals surface area contributed by atoms with Crippen LogP contribution in [-0.2, 0) is 9.09 Å². The lowest BCUT2D eigenvalue weighted by molar-refractivity contribution is 0.338. The molecule has 1 aliphatic carbocycles. The number of hydrogen-bond donors (Lipinski definition) is 0. The SMILES string of the molecule is CO[P+](=O)C1(C)CCCCC1. The summed E-state index contributed by atoms with van der Waals surface area (Å²) in [5.41, 5.74) is 0. The molecule has 0 radical (unpaired) electrons. The van der Waals surface area contributed by atoms with Gasteiger partial charge in [0.25, 0.3) is 0 Å². The minimum absolute atomic E-state index is 0.0255. The van der Waals surface area contributed by atoms with Gasteiger partial charge in [0.1, 0.15) is 0 Å². The lowest BCUT2D eigenvalue weighted by atomic mass is 9.90. The molecule has 2 nitrogen and oxygen atoms in total. The lowest BCUT2D eigenvalue weighted by Crippen LogP contribution is -2.23. The van der Waals surface area contributed by atoms with Gasteiger partial charge in [-0.15, -0.1) is 4.52 Å². The predicted octanol–water partition coefficient (Wildman–Crippen LogP) is 3.10. The molecule has 3 heteroatoms. The average molecular weight is 175 g/mol. The summed E-state index contributed by atoms with van der Waals surface area (Å²) >= 11 is 0. The Morgan fingerprint density at radius 2 is 1.82 bits per heavy atom. The zero-order valence-electron chi connectivity index (χ0n) is 7.30. The van der Waals surface area contributed by atoms with Crippen LogP contribution in [0.5, 0.6) is 0 Å². The highest BCUT2D eigenvalue weighted by Gasteiger charge is 2.46. The second kappa shape index (κ2) is 3.64.